The molecule has 176 valence electrons. The van der Waals surface area contributed by atoms with E-state index in [-0.39, 0.29) is 122 Å². The van der Waals surface area contributed by atoms with Crippen molar-refractivity contribution >= 4 is 35.8 Å². The van der Waals surface area contributed by atoms with Gasteiger partial charge in [0, 0.05) is 35.8 Å². The average molecular weight is 713 g/mol. The molecular formula is C18H24Ce2O12. The van der Waals surface area contributed by atoms with Gasteiger partial charge in [-0.05, 0) is 77.0 Å². The summed E-state index contributed by atoms with van der Waals surface area (Å²) in [5.41, 5.74) is 0. The van der Waals surface area contributed by atoms with Gasteiger partial charge in [-0.25, -0.2) is 0 Å². The van der Waals surface area contributed by atoms with Gasteiger partial charge in [-0.1, -0.05) is 0 Å². The zero-order valence-electron chi connectivity index (χ0n) is 17.4. The van der Waals surface area contributed by atoms with E-state index in [1.54, 1.807) is 0 Å². The molecule has 2 radical (unpaired) electrons. The van der Waals surface area contributed by atoms with E-state index in [2.05, 4.69) is 0 Å². The Balaban J connectivity index is -0.000000110. The van der Waals surface area contributed by atoms with Gasteiger partial charge in [-0.3, -0.25) is 0 Å². The van der Waals surface area contributed by atoms with E-state index in [9.17, 15) is 59.4 Å². The number of hydrogen-bond donors (Lipinski definition) is 0. The quantitative estimate of drug-likeness (QED) is 0.144. The maximum atomic E-state index is 9.77. The normalized spacial score (nSPS) is 8.62. The number of unbranched alkanes of at least 4 members (excludes halogenated alkanes) is 3. The number of carbonyl (C=O) groups is 6. The predicted octanol–water partition coefficient (Wildman–Crippen LogP) is -5.86. The van der Waals surface area contributed by atoms with Crippen LogP contribution < -0.4 is 30.6 Å². The summed E-state index contributed by atoms with van der Waals surface area (Å²) in [7, 11) is 0. The Morgan fingerprint density at radius 3 is 0.469 bits per heavy atom. The van der Waals surface area contributed by atoms with Crippen LogP contribution in [0.3, 0.4) is 0 Å². The van der Waals surface area contributed by atoms with Gasteiger partial charge in [0.2, 0.25) is 0 Å². The molecule has 0 amide bonds. The first-order chi connectivity index (χ1) is 13.9. The molecule has 0 aromatic carbocycles. The Kier molecular flexibility index (Phi) is 39.9. The van der Waals surface area contributed by atoms with Gasteiger partial charge in [-0.2, -0.15) is 0 Å². The van der Waals surface area contributed by atoms with Crippen molar-refractivity contribution in [2.24, 2.45) is 0 Å². The molecule has 0 aliphatic rings. The Morgan fingerprint density at radius 1 is 0.312 bits per heavy atom. The first-order valence-corrected chi connectivity index (χ1v) is 9.07. The van der Waals surface area contributed by atoms with Gasteiger partial charge in [0.1, 0.15) is 0 Å². The van der Waals surface area contributed by atoms with E-state index in [1.807, 2.05) is 0 Å². The Labute approximate surface area is 252 Å². The van der Waals surface area contributed by atoms with E-state index in [4.69, 9.17) is 0 Å². The average Bonchev–Trinajstić information content (AvgIpc) is 2.60. The van der Waals surface area contributed by atoms with Crippen LogP contribution in [0.15, 0.2) is 0 Å². The summed E-state index contributed by atoms with van der Waals surface area (Å²) in [6, 6.07) is 0. The van der Waals surface area contributed by atoms with Gasteiger partial charge in [0.25, 0.3) is 0 Å². The molecule has 0 aliphatic carbocycles. The van der Waals surface area contributed by atoms with Crippen LogP contribution in [0.5, 0.6) is 0 Å². The second kappa shape index (κ2) is 30.6. The van der Waals surface area contributed by atoms with Crippen molar-refractivity contribution in [2.45, 2.75) is 77.0 Å². The van der Waals surface area contributed by atoms with Crippen molar-refractivity contribution in [3.63, 3.8) is 0 Å². The third-order valence-electron chi connectivity index (χ3n) is 3.04. The molecule has 12 nitrogen and oxygen atoms in total. The molecule has 0 aromatic rings. The molecule has 0 unspecified atom stereocenters. The fourth-order valence-electron chi connectivity index (χ4n) is 1.62. The minimum atomic E-state index is -1.14. The Morgan fingerprint density at radius 2 is 0.406 bits per heavy atom. The zero-order chi connectivity index (χ0) is 23.9. The summed E-state index contributed by atoms with van der Waals surface area (Å²) in [6.45, 7) is 0. The molecule has 0 N–H and O–H groups in total. The molecule has 14 heteroatoms. The van der Waals surface area contributed by atoms with Crippen LogP contribution >= 0.6 is 0 Å². The summed E-state index contributed by atoms with van der Waals surface area (Å²) >= 11 is 0. The maximum absolute atomic E-state index is 9.77. The molecule has 32 heavy (non-hydrogen) atoms. The van der Waals surface area contributed by atoms with Crippen molar-refractivity contribution < 1.29 is 143 Å². The summed E-state index contributed by atoms with van der Waals surface area (Å²) in [5.74, 6) is -6.84. The molecule has 0 saturated heterocycles. The van der Waals surface area contributed by atoms with Crippen molar-refractivity contribution in [3.8, 4) is 0 Å². The maximum Gasteiger partial charge on any atom is 3.00 e. The molecule has 0 heterocycles. The standard InChI is InChI=1S/3C6H10O4.2Ce/c3*7-5(8)3-1-2-4-6(9)10;;/h3*1-4H2,(H,7,8)(H,9,10);;/q;;;2*+3/p-6. The molecule has 0 rings (SSSR count). The Hall–Kier alpha value is -0.427. The van der Waals surface area contributed by atoms with E-state index in [1.165, 1.54) is 0 Å². The Bertz CT molecular complexity index is 428. The minimum Gasteiger partial charge on any atom is -0.550 e. The number of hydrogen-bond acceptors (Lipinski definition) is 12. The van der Waals surface area contributed by atoms with Crippen LogP contribution in [0.25, 0.3) is 0 Å². The van der Waals surface area contributed by atoms with Crippen molar-refractivity contribution in [3.05, 3.63) is 0 Å². The second-order valence-corrected chi connectivity index (χ2v) is 5.85. The van der Waals surface area contributed by atoms with E-state index >= 15 is 0 Å². The minimum absolute atomic E-state index is 0. The van der Waals surface area contributed by atoms with Gasteiger partial charge in [0.05, 0.1) is 0 Å². The van der Waals surface area contributed by atoms with Crippen molar-refractivity contribution in [2.75, 3.05) is 0 Å². The number of rotatable bonds is 15. The summed E-state index contributed by atoms with van der Waals surface area (Å²) in [4.78, 5) is 58.6. The van der Waals surface area contributed by atoms with Crippen LogP contribution in [-0.4, -0.2) is 35.8 Å². The van der Waals surface area contributed by atoms with E-state index in [0.717, 1.165) is 0 Å². The number of aliphatic carboxylic acids is 6. The van der Waals surface area contributed by atoms with Crippen molar-refractivity contribution in [1.82, 2.24) is 0 Å². The van der Waals surface area contributed by atoms with Crippen LogP contribution in [-0.2, 0) is 28.8 Å². The predicted molar refractivity (Wildman–Crippen MR) is 85.4 cm³/mol. The smallest absolute Gasteiger partial charge is 0.550 e. The molecule has 0 bridgehead atoms. The second-order valence-electron chi connectivity index (χ2n) is 5.85. The summed E-state index contributed by atoms with van der Waals surface area (Å²) < 4.78 is 0. The molecule has 0 atom stereocenters. The first-order valence-electron chi connectivity index (χ1n) is 9.07. The van der Waals surface area contributed by atoms with Gasteiger partial charge in [0.15, 0.2) is 0 Å². The van der Waals surface area contributed by atoms with Crippen LogP contribution in [0.1, 0.15) is 77.0 Å². The summed E-state index contributed by atoms with van der Waals surface area (Å²) in [6.07, 6.45) is 1.60. The fraction of sp³-hybridized carbons (Fsp3) is 0.667. The number of carbonyl (C=O) groups excluding carboxylic acids is 6. The van der Waals surface area contributed by atoms with Crippen molar-refractivity contribution in [1.29, 1.82) is 0 Å². The molecule has 0 spiro atoms. The van der Waals surface area contributed by atoms with Crippen LogP contribution in [0.2, 0.25) is 0 Å². The topological polar surface area (TPSA) is 241 Å². The number of carboxylic acids is 6. The third-order valence-corrected chi connectivity index (χ3v) is 3.04. The molecular weight excluding hydrogens is 688 g/mol. The molecule has 0 aliphatic heterocycles. The van der Waals surface area contributed by atoms with Gasteiger partial charge < -0.3 is 59.4 Å². The zero-order valence-corrected chi connectivity index (χ0v) is 23.7. The molecule has 0 aromatic heterocycles. The fourth-order valence-corrected chi connectivity index (χ4v) is 1.62. The molecule has 0 saturated carbocycles. The van der Waals surface area contributed by atoms with E-state index in [0.29, 0.717) is 38.5 Å². The first kappa shape index (κ1) is 41.8. The SMILES string of the molecule is O=C([O-])CCCCC(=O)[O-].O=C([O-])CCCCC(=O)[O-].O=C([O-])CCCCC(=O)[O-].[Ce+3].[Ce+3]. The van der Waals surface area contributed by atoms with Crippen LogP contribution in [0, 0.1) is 83.5 Å². The van der Waals surface area contributed by atoms with Gasteiger partial charge >= 0.3 is 83.5 Å². The monoisotopic (exact) mass is 712 g/mol. The number of carboxylic acid groups (broad SMARTS) is 6. The van der Waals surface area contributed by atoms with Gasteiger partial charge in [-0.15, -0.1) is 0 Å². The molecule has 0 fully saturated rings. The summed E-state index contributed by atoms with van der Waals surface area (Å²) in [5, 5.41) is 58.6. The largest absolute Gasteiger partial charge is 3.00 e. The third kappa shape index (κ3) is 57.0. The van der Waals surface area contributed by atoms with E-state index < -0.39 is 35.8 Å². The van der Waals surface area contributed by atoms with Crippen LogP contribution in [0.4, 0.5) is 0 Å².